The molecular formula is C20H17N3O5S. The molecule has 0 bridgehead atoms. The van der Waals surface area contributed by atoms with Crippen LogP contribution in [0, 0.1) is 10.1 Å². The van der Waals surface area contributed by atoms with Crippen molar-refractivity contribution >= 4 is 50.3 Å². The van der Waals surface area contributed by atoms with Crippen molar-refractivity contribution in [2.75, 3.05) is 5.32 Å². The summed E-state index contributed by atoms with van der Waals surface area (Å²) in [6, 6.07) is 10.9. The summed E-state index contributed by atoms with van der Waals surface area (Å²) >= 11 is 1.23. The number of carbonyl (C=O) groups excluding carboxylic acids is 2. The van der Waals surface area contributed by atoms with E-state index in [0.29, 0.717) is 21.8 Å². The van der Waals surface area contributed by atoms with Crippen LogP contribution in [0.5, 0.6) is 0 Å². The van der Waals surface area contributed by atoms with Crippen LogP contribution in [0.3, 0.4) is 0 Å². The second-order valence-corrected chi connectivity index (χ2v) is 7.36. The molecule has 9 heteroatoms. The molecule has 0 spiro atoms. The molecule has 0 aliphatic carbocycles. The van der Waals surface area contributed by atoms with Gasteiger partial charge in [0.15, 0.2) is 5.13 Å². The Morgan fingerprint density at radius 1 is 1.24 bits per heavy atom. The highest BCUT2D eigenvalue weighted by Crippen LogP contribution is 2.27. The summed E-state index contributed by atoms with van der Waals surface area (Å²) in [5, 5.41) is 13.8. The minimum Gasteiger partial charge on any atom is -0.459 e. The van der Waals surface area contributed by atoms with Crippen LogP contribution in [-0.4, -0.2) is 27.9 Å². The molecule has 29 heavy (non-hydrogen) atoms. The Bertz CT molecular complexity index is 1120. The topological polar surface area (TPSA) is 111 Å². The highest BCUT2D eigenvalue weighted by molar-refractivity contribution is 7.22. The number of anilines is 1. The molecule has 0 saturated heterocycles. The average molecular weight is 411 g/mol. The van der Waals surface area contributed by atoms with Crippen molar-refractivity contribution in [2.45, 2.75) is 20.0 Å². The maximum absolute atomic E-state index is 12.1. The van der Waals surface area contributed by atoms with E-state index in [1.807, 2.05) is 0 Å². The number of carbonyl (C=O) groups is 2. The monoisotopic (exact) mass is 411 g/mol. The van der Waals surface area contributed by atoms with Gasteiger partial charge < -0.3 is 4.74 Å². The Hall–Kier alpha value is -3.59. The zero-order valence-corrected chi connectivity index (χ0v) is 16.4. The number of aromatic nitrogens is 1. The Kier molecular flexibility index (Phi) is 5.99. The van der Waals surface area contributed by atoms with Crippen LogP contribution in [0.25, 0.3) is 16.3 Å². The number of esters is 1. The molecule has 0 fully saturated rings. The minimum absolute atomic E-state index is 0.0504. The number of ether oxygens (including phenoxy) is 1. The Labute approximate surface area is 170 Å². The van der Waals surface area contributed by atoms with E-state index in [1.54, 1.807) is 44.2 Å². The standard InChI is InChI=1S/C20H17N3O5S/c1-12(2)28-19(25)14-7-8-16-17(11-14)29-20(21-16)22-18(24)9-6-13-4-3-5-15(10-13)23(26)27/h3-12H,1-2H3,(H,21,22,24)/b9-6+. The molecule has 1 N–H and O–H groups in total. The number of nitrogens with one attached hydrogen (secondary N) is 1. The number of non-ortho nitro benzene ring substituents is 1. The van der Waals surface area contributed by atoms with Crippen LogP contribution in [-0.2, 0) is 9.53 Å². The van der Waals surface area contributed by atoms with Crippen LogP contribution in [0.4, 0.5) is 10.8 Å². The second-order valence-electron chi connectivity index (χ2n) is 6.33. The number of nitro benzene ring substituents is 1. The Morgan fingerprint density at radius 2 is 2.03 bits per heavy atom. The first kappa shape index (κ1) is 20.2. The number of rotatable bonds is 6. The van der Waals surface area contributed by atoms with Crippen molar-refractivity contribution in [3.05, 3.63) is 69.8 Å². The van der Waals surface area contributed by atoms with Crippen molar-refractivity contribution in [2.24, 2.45) is 0 Å². The first-order valence-electron chi connectivity index (χ1n) is 8.67. The first-order valence-corrected chi connectivity index (χ1v) is 9.48. The molecule has 0 aliphatic heterocycles. The molecule has 0 aliphatic rings. The number of thiazole rings is 1. The maximum Gasteiger partial charge on any atom is 0.338 e. The van der Waals surface area contributed by atoms with E-state index in [-0.39, 0.29) is 11.8 Å². The number of nitrogens with zero attached hydrogens (tertiary/aromatic N) is 2. The van der Waals surface area contributed by atoms with Crippen LogP contribution < -0.4 is 5.32 Å². The van der Waals surface area contributed by atoms with E-state index in [4.69, 9.17) is 4.74 Å². The van der Waals surface area contributed by atoms with E-state index in [1.165, 1.54) is 35.6 Å². The molecule has 1 aromatic heterocycles. The number of amides is 1. The van der Waals surface area contributed by atoms with Crippen LogP contribution in [0.1, 0.15) is 29.8 Å². The molecule has 2 aromatic carbocycles. The van der Waals surface area contributed by atoms with E-state index >= 15 is 0 Å². The molecular weight excluding hydrogens is 394 g/mol. The number of hydrogen-bond acceptors (Lipinski definition) is 7. The van der Waals surface area contributed by atoms with Crippen molar-refractivity contribution in [3.63, 3.8) is 0 Å². The summed E-state index contributed by atoms with van der Waals surface area (Å²) in [5.41, 5.74) is 1.55. The normalized spacial score (nSPS) is 11.1. The highest BCUT2D eigenvalue weighted by atomic mass is 32.1. The van der Waals surface area contributed by atoms with Gasteiger partial charge in [0.2, 0.25) is 5.91 Å². The minimum atomic E-state index is -0.496. The fraction of sp³-hybridized carbons (Fsp3) is 0.150. The van der Waals surface area contributed by atoms with Crippen LogP contribution >= 0.6 is 11.3 Å². The van der Waals surface area contributed by atoms with Gasteiger partial charge in [0.25, 0.3) is 5.69 Å². The van der Waals surface area contributed by atoms with Crippen LogP contribution in [0.15, 0.2) is 48.5 Å². The molecule has 3 rings (SSSR count). The summed E-state index contributed by atoms with van der Waals surface area (Å²) < 4.78 is 5.92. The lowest BCUT2D eigenvalue weighted by Gasteiger charge is -2.07. The zero-order chi connectivity index (χ0) is 21.0. The quantitative estimate of drug-likeness (QED) is 0.278. The molecule has 0 radical (unpaired) electrons. The van der Waals surface area contributed by atoms with Crippen molar-refractivity contribution in [1.82, 2.24) is 4.98 Å². The third-order valence-electron chi connectivity index (χ3n) is 3.71. The fourth-order valence-corrected chi connectivity index (χ4v) is 3.36. The van der Waals surface area contributed by atoms with E-state index in [0.717, 1.165) is 4.70 Å². The summed E-state index contributed by atoms with van der Waals surface area (Å²) in [5.74, 6) is -0.837. The second kappa shape index (κ2) is 8.61. The van der Waals surface area contributed by atoms with E-state index in [9.17, 15) is 19.7 Å². The lowest BCUT2D eigenvalue weighted by atomic mass is 10.2. The highest BCUT2D eigenvalue weighted by Gasteiger charge is 2.12. The fourth-order valence-electron chi connectivity index (χ4n) is 2.45. The molecule has 8 nitrogen and oxygen atoms in total. The smallest absolute Gasteiger partial charge is 0.338 e. The molecule has 1 heterocycles. The first-order chi connectivity index (χ1) is 13.8. The predicted molar refractivity (Wildman–Crippen MR) is 111 cm³/mol. The number of nitro groups is 1. The van der Waals surface area contributed by atoms with Gasteiger partial charge in [0.05, 0.1) is 26.8 Å². The molecule has 0 saturated carbocycles. The SMILES string of the molecule is CC(C)OC(=O)c1ccc2nc(NC(=O)/C=C/c3cccc([N+](=O)[O-])c3)sc2c1. The predicted octanol–water partition coefficient (Wildman–Crippen LogP) is 4.42. The van der Waals surface area contributed by atoms with Crippen LogP contribution in [0.2, 0.25) is 0 Å². The molecule has 1 amide bonds. The van der Waals surface area contributed by atoms with Gasteiger partial charge in [-0.3, -0.25) is 20.2 Å². The van der Waals surface area contributed by atoms with Crippen molar-refractivity contribution in [3.8, 4) is 0 Å². The largest absolute Gasteiger partial charge is 0.459 e. The van der Waals surface area contributed by atoms with Crippen molar-refractivity contribution in [1.29, 1.82) is 0 Å². The summed E-state index contributed by atoms with van der Waals surface area (Å²) in [7, 11) is 0. The van der Waals surface area contributed by atoms with Gasteiger partial charge in [-0.15, -0.1) is 0 Å². The van der Waals surface area contributed by atoms with Crippen molar-refractivity contribution < 1.29 is 19.2 Å². The summed E-state index contributed by atoms with van der Waals surface area (Å²) in [6.07, 6.45) is 2.54. The molecule has 0 atom stereocenters. The molecule has 3 aromatic rings. The van der Waals surface area contributed by atoms with Gasteiger partial charge in [-0.1, -0.05) is 23.5 Å². The summed E-state index contributed by atoms with van der Waals surface area (Å²) in [4.78, 5) is 38.8. The Balaban J connectivity index is 1.71. The van der Waals surface area contributed by atoms with Gasteiger partial charge in [0, 0.05) is 18.2 Å². The van der Waals surface area contributed by atoms with Gasteiger partial charge in [-0.25, -0.2) is 9.78 Å². The third kappa shape index (κ3) is 5.23. The Morgan fingerprint density at radius 3 is 2.76 bits per heavy atom. The maximum atomic E-state index is 12.1. The zero-order valence-electron chi connectivity index (χ0n) is 15.6. The van der Waals surface area contributed by atoms with Gasteiger partial charge in [0.1, 0.15) is 0 Å². The average Bonchev–Trinajstić information content (AvgIpc) is 3.07. The number of hydrogen-bond donors (Lipinski definition) is 1. The number of fused-ring (bicyclic) bond motifs is 1. The lowest BCUT2D eigenvalue weighted by Crippen LogP contribution is -2.11. The lowest BCUT2D eigenvalue weighted by molar-refractivity contribution is -0.384. The third-order valence-corrected chi connectivity index (χ3v) is 4.64. The number of benzene rings is 2. The van der Waals surface area contributed by atoms with Gasteiger partial charge >= 0.3 is 5.97 Å². The summed E-state index contributed by atoms with van der Waals surface area (Å²) in [6.45, 7) is 3.55. The van der Waals surface area contributed by atoms with E-state index in [2.05, 4.69) is 10.3 Å². The molecule has 0 unspecified atom stereocenters. The van der Waals surface area contributed by atoms with E-state index < -0.39 is 16.8 Å². The van der Waals surface area contributed by atoms with Gasteiger partial charge in [-0.2, -0.15) is 0 Å². The van der Waals surface area contributed by atoms with Gasteiger partial charge in [-0.05, 0) is 43.7 Å². The molecule has 148 valence electrons.